The first kappa shape index (κ1) is 28.7. The Morgan fingerprint density at radius 1 is 0.838 bits per heavy atom. The molecule has 0 N–H and O–H groups in total. The molecule has 0 radical (unpaired) electrons. The second-order valence-corrected chi connectivity index (χ2v) is 11.3. The Morgan fingerprint density at radius 3 is 2.00 bits per heavy atom. The van der Waals surface area contributed by atoms with Crippen molar-refractivity contribution in [2.45, 2.75) is 50.8 Å². The van der Waals surface area contributed by atoms with E-state index in [1.807, 2.05) is 43.0 Å². The zero-order valence-corrected chi connectivity index (χ0v) is 22.7. The number of carbonyl (C=O) groups is 3. The Hall–Kier alpha value is -2.89. The topological polar surface area (TPSA) is 118 Å². The summed E-state index contributed by atoms with van der Waals surface area (Å²) in [6.07, 6.45) is 9.65. The number of anilines is 1. The van der Waals surface area contributed by atoms with Crippen molar-refractivity contribution in [3.05, 3.63) is 59.2 Å². The molecule has 2 aliphatic heterocycles. The van der Waals surface area contributed by atoms with Gasteiger partial charge in [0.25, 0.3) is 11.8 Å². The fraction of sp³-hybridized carbons (Fsp3) is 0.423. The first-order valence-electron chi connectivity index (χ1n) is 12.4. The summed E-state index contributed by atoms with van der Waals surface area (Å²) in [7, 11) is -4.30. The van der Waals surface area contributed by atoms with Gasteiger partial charge in [0.05, 0.1) is 20.8 Å². The molecule has 0 spiro atoms. The number of unbranched alkanes of at least 4 members (excludes halogenated alkanes) is 2. The maximum atomic E-state index is 13.0. The largest absolute Gasteiger partial charge is 0.748 e. The van der Waals surface area contributed by atoms with Crippen LogP contribution in [0.2, 0.25) is 0 Å². The summed E-state index contributed by atoms with van der Waals surface area (Å²) in [5.41, 5.74) is 0.865. The number of hydrogen-bond donors (Lipinski definition) is 0. The molecule has 1 saturated heterocycles. The molecule has 9 nitrogen and oxygen atoms in total. The number of benzene rings is 1. The molecular weight excluding hydrogens is 514 g/mol. The molecule has 200 valence electrons. The van der Waals surface area contributed by atoms with E-state index in [-0.39, 0.29) is 25.1 Å². The van der Waals surface area contributed by atoms with Gasteiger partial charge in [-0.15, -0.1) is 0 Å². The molecule has 1 aromatic carbocycles. The number of amides is 4. The van der Waals surface area contributed by atoms with Gasteiger partial charge in [0.1, 0.15) is 5.57 Å². The highest BCUT2D eigenvalue weighted by Crippen LogP contribution is 2.45. The third-order valence-corrected chi connectivity index (χ3v) is 7.83. The quantitative estimate of drug-likeness (QED) is 0.217. The summed E-state index contributed by atoms with van der Waals surface area (Å²) in [4.78, 5) is 44.0. The smallest absolute Gasteiger partial charge is 0.333 e. The van der Waals surface area contributed by atoms with Crippen molar-refractivity contribution in [2.75, 3.05) is 30.3 Å². The molecule has 0 unspecified atom stereocenters. The van der Waals surface area contributed by atoms with Crippen molar-refractivity contribution in [3.63, 3.8) is 0 Å². The summed E-state index contributed by atoms with van der Waals surface area (Å²) in [6.45, 7) is 4.81. The molecular formula is C26H32N3O6S2-. The van der Waals surface area contributed by atoms with Crippen LogP contribution in [-0.2, 0) is 19.7 Å². The van der Waals surface area contributed by atoms with E-state index in [4.69, 9.17) is 0 Å². The first-order chi connectivity index (χ1) is 17.7. The van der Waals surface area contributed by atoms with E-state index in [2.05, 4.69) is 0 Å². The Morgan fingerprint density at radius 2 is 1.41 bits per heavy atom. The van der Waals surface area contributed by atoms with Gasteiger partial charge >= 0.3 is 6.03 Å². The maximum Gasteiger partial charge on any atom is 0.333 e. The van der Waals surface area contributed by atoms with Gasteiger partial charge in [-0.25, -0.2) is 13.2 Å². The van der Waals surface area contributed by atoms with Crippen molar-refractivity contribution >= 4 is 45.4 Å². The van der Waals surface area contributed by atoms with E-state index >= 15 is 0 Å². The van der Waals surface area contributed by atoms with Crippen LogP contribution in [0.4, 0.5) is 10.5 Å². The van der Waals surface area contributed by atoms with Crippen molar-refractivity contribution in [3.8, 4) is 0 Å². The van der Waals surface area contributed by atoms with Crippen LogP contribution in [0, 0.1) is 0 Å². The number of nitrogens with zero attached hydrogens (tertiary/aromatic N) is 3. The van der Waals surface area contributed by atoms with Gasteiger partial charge in [0, 0.05) is 30.3 Å². The summed E-state index contributed by atoms with van der Waals surface area (Å²) >= 11 is 1.50. The minimum Gasteiger partial charge on any atom is -0.748 e. The van der Waals surface area contributed by atoms with E-state index in [9.17, 15) is 27.4 Å². The van der Waals surface area contributed by atoms with E-state index in [1.54, 1.807) is 18.2 Å². The fourth-order valence-corrected chi connectivity index (χ4v) is 5.55. The average molecular weight is 547 g/mol. The van der Waals surface area contributed by atoms with Crippen molar-refractivity contribution < 1.29 is 27.4 Å². The summed E-state index contributed by atoms with van der Waals surface area (Å²) in [6, 6.07) is 7.11. The van der Waals surface area contributed by atoms with Crippen LogP contribution in [0.3, 0.4) is 0 Å². The van der Waals surface area contributed by atoms with Gasteiger partial charge in [-0.2, -0.15) is 0 Å². The lowest BCUT2D eigenvalue weighted by Gasteiger charge is -2.33. The van der Waals surface area contributed by atoms with Crippen LogP contribution in [-0.4, -0.2) is 66.0 Å². The Labute approximate surface area is 222 Å². The minimum absolute atomic E-state index is 0.0543. The molecule has 0 aliphatic carbocycles. The molecule has 0 atom stereocenters. The van der Waals surface area contributed by atoms with Gasteiger partial charge < -0.3 is 9.45 Å². The molecule has 1 aromatic rings. The van der Waals surface area contributed by atoms with E-state index < -0.39 is 33.7 Å². The summed E-state index contributed by atoms with van der Waals surface area (Å²) in [5.74, 6) is -1.62. The second kappa shape index (κ2) is 13.1. The van der Waals surface area contributed by atoms with Crippen LogP contribution in [0.25, 0.3) is 0 Å². The number of rotatable bonds is 12. The number of carbonyl (C=O) groups excluding carboxylic acids is 3. The van der Waals surface area contributed by atoms with Crippen LogP contribution in [0.1, 0.15) is 46.0 Å². The van der Waals surface area contributed by atoms with Crippen LogP contribution in [0.5, 0.6) is 0 Å². The highest BCUT2D eigenvalue weighted by Gasteiger charge is 2.40. The molecule has 2 heterocycles. The molecule has 2 aliphatic rings. The van der Waals surface area contributed by atoms with Crippen LogP contribution in [0.15, 0.2) is 64.1 Å². The van der Waals surface area contributed by atoms with Gasteiger partial charge in [0.15, 0.2) is 0 Å². The van der Waals surface area contributed by atoms with Crippen molar-refractivity contribution in [1.29, 1.82) is 0 Å². The highest BCUT2D eigenvalue weighted by atomic mass is 32.2. The Bertz CT molecular complexity index is 1190. The lowest BCUT2D eigenvalue weighted by Crippen LogP contribution is -2.56. The van der Waals surface area contributed by atoms with Gasteiger partial charge in [-0.3, -0.25) is 19.4 Å². The fourth-order valence-electron chi connectivity index (χ4n) is 3.97. The molecule has 0 saturated carbocycles. The van der Waals surface area contributed by atoms with E-state index in [1.165, 1.54) is 17.8 Å². The number of allylic oxidation sites excluding steroid dienone is 4. The predicted octanol–water partition coefficient (Wildman–Crippen LogP) is 4.25. The lowest BCUT2D eigenvalue weighted by atomic mass is 10.1. The monoisotopic (exact) mass is 546 g/mol. The normalized spacial score (nSPS) is 17.5. The maximum absolute atomic E-state index is 13.0. The molecule has 11 heteroatoms. The second-order valence-electron chi connectivity index (χ2n) is 8.71. The average Bonchev–Trinajstić information content (AvgIpc) is 3.20. The number of imide groups is 2. The van der Waals surface area contributed by atoms with Crippen molar-refractivity contribution in [1.82, 2.24) is 9.80 Å². The third-order valence-electron chi connectivity index (χ3n) is 5.91. The van der Waals surface area contributed by atoms with E-state index in [0.29, 0.717) is 19.4 Å². The molecule has 0 aromatic heterocycles. The minimum atomic E-state index is -4.30. The van der Waals surface area contributed by atoms with Gasteiger partial charge in [0.2, 0.25) is 0 Å². The lowest BCUT2D eigenvalue weighted by molar-refractivity contribution is -0.136. The van der Waals surface area contributed by atoms with Gasteiger partial charge in [-0.05, 0) is 43.5 Å². The number of para-hydroxylation sites is 1. The zero-order chi connectivity index (χ0) is 27.0. The van der Waals surface area contributed by atoms with Gasteiger partial charge in [-0.1, -0.05) is 62.7 Å². The molecule has 4 amide bonds. The predicted molar refractivity (Wildman–Crippen MR) is 143 cm³/mol. The third kappa shape index (κ3) is 7.33. The zero-order valence-electron chi connectivity index (χ0n) is 21.1. The SMILES string of the molecule is CCCCN1C(=O)C(=C/C=C/C=C2\Sc3ccccc3N2CCCS(=O)(=O)[O-])C(=O)N(CCCC)C1=O. The summed E-state index contributed by atoms with van der Waals surface area (Å²) in [5, 5.41) is 0.824. The molecule has 3 rings (SSSR count). The molecule has 37 heavy (non-hydrogen) atoms. The Kier molecular flexibility index (Phi) is 10.1. The number of thioether (sulfide) groups is 1. The van der Waals surface area contributed by atoms with Crippen LogP contribution >= 0.6 is 11.8 Å². The van der Waals surface area contributed by atoms with Crippen LogP contribution < -0.4 is 4.90 Å². The highest BCUT2D eigenvalue weighted by molar-refractivity contribution is 8.03. The molecule has 1 fully saturated rings. The number of fused-ring (bicyclic) bond motifs is 1. The summed E-state index contributed by atoms with van der Waals surface area (Å²) < 4.78 is 33.1. The number of urea groups is 1. The number of hydrogen-bond acceptors (Lipinski definition) is 8. The standard InChI is InChI=1S/C26H33N3O6S2/c1-3-5-16-28-24(30)20(25(31)29(26(28)32)17-6-4-2)12-7-10-15-23-27(18-11-19-37(33,34)35)21-13-8-9-14-22(21)36-23/h7-10,12-15H,3-6,11,16-19H2,1-2H3,(H,33,34,35)/p-1/b10-7+,23-15-. The van der Waals surface area contributed by atoms with E-state index in [0.717, 1.165) is 38.3 Å². The number of barbiturate groups is 1. The Balaban J connectivity index is 1.81. The molecule has 0 bridgehead atoms. The van der Waals surface area contributed by atoms with Crippen molar-refractivity contribution in [2.24, 2.45) is 0 Å². The first-order valence-corrected chi connectivity index (χ1v) is 14.8.